The molecule has 0 radical (unpaired) electrons. The maximum absolute atomic E-state index is 12.5. The summed E-state index contributed by atoms with van der Waals surface area (Å²) < 4.78 is 17.0. The zero-order valence-corrected chi connectivity index (χ0v) is 18.4. The minimum absolute atomic E-state index is 0.0286. The van der Waals surface area contributed by atoms with Crippen LogP contribution in [0, 0.1) is 0 Å². The Labute approximate surface area is 178 Å². The molecule has 0 amide bonds. The maximum Gasteiger partial charge on any atom is 0.383 e. The normalized spacial score (nSPS) is 11.8. The summed E-state index contributed by atoms with van der Waals surface area (Å²) in [5.74, 6) is 0.223. The zero-order chi connectivity index (χ0) is 21.9. The first-order chi connectivity index (χ1) is 14.4. The van der Waals surface area contributed by atoms with E-state index in [0.717, 1.165) is 19.3 Å². The SMILES string of the molecule is CCC=CCCOc1c(OCC=C(C)CCC=C(C)C)c(=O)oc2c(O)cccc12. The second-order valence-electron chi connectivity index (χ2n) is 7.40. The van der Waals surface area contributed by atoms with Gasteiger partial charge in [-0.1, -0.05) is 42.4 Å². The highest BCUT2D eigenvalue weighted by molar-refractivity contribution is 5.89. The molecule has 2 rings (SSSR count). The second-order valence-corrected chi connectivity index (χ2v) is 7.40. The van der Waals surface area contributed by atoms with Crippen LogP contribution < -0.4 is 15.1 Å². The first kappa shape index (κ1) is 23.3. The fraction of sp³-hybridized carbons (Fsp3) is 0.400. The van der Waals surface area contributed by atoms with Gasteiger partial charge in [-0.15, -0.1) is 0 Å². The van der Waals surface area contributed by atoms with Crippen molar-refractivity contribution >= 4 is 11.0 Å². The minimum Gasteiger partial charge on any atom is -0.504 e. The number of phenols is 1. The molecular weight excluding hydrogens is 380 g/mol. The monoisotopic (exact) mass is 412 g/mol. The van der Waals surface area contributed by atoms with Gasteiger partial charge in [0.1, 0.15) is 6.61 Å². The van der Waals surface area contributed by atoms with Gasteiger partial charge in [0.25, 0.3) is 0 Å². The summed E-state index contributed by atoms with van der Waals surface area (Å²) in [5, 5.41) is 10.6. The van der Waals surface area contributed by atoms with Crippen LogP contribution in [0.2, 0.25) is 0 Å². The van der Waals surface area contributed by atoms with E-state index in [1.165, 1.54) is 17.2 Å². The summed E-state index contributed by atoms with van der Waals surface area (Å²) >= 11 is 0. The van der Waals surface area contributed by atoms with Gasteiger partial charge in [0.05, 0.1) is 12.0 Å². The predicted molar refractivity (Wildman–Crippen MR) is 122 cm³/mol. The average Bonchev–Trinajstić information content (AvgIpc) is 2.70. The van der Waals surface area contributed by atoms with Gasteiger partial charge in [0, 0.05) is 0 Å². The number of ether oxygens (including phenoxy) is 2. The summed E-state index contributed by atoms with van der Waals surface area (Å²) in [5.41, 5.74) is 1.91. The number of hydrogen-bond acceptors (Lipinski definition) is 5. The van der Waals surface area contributed by atoms with Gasteiger partial charge in [-0.2, -0.15) is 0 Å². The Kier molecular flexibility index (Phi) is 9.26. The number of allylic oxidation sites excluding steroid dienone is 4. The summed E-state index contributed by atoms with van der Waals surface area (Å²) in [6.45, 7) is 8.90. The molecule has 0 saturated carbocycles. The zero-order valence-electron chi connectivity index (χ0n) is 18.4. The molecule has 162 valence electrons. The van der Waals surface area contributed by atoms with E-state index in [4.69, 9.17) is 13.9 Å². The number of fused-ring (bicyclic) bond motifs is 1. The fourth-order valence-electron chi connectivity index (χ4n) is 2.90. The number of phenolic OH excluding ortho intramolecular Hbond substituents is 1. The van der Waals surface area contributed by atoms with E-state index in [1.807, 2.05) is 19.1 Å². The fourth-order valence-corrected chi connectivity index (χ4v) is 2.90. The molecule has 1 heterocycles. The molecule has 0 fully saturated rings. The van der Waals surface area contributed by atoms with Crippen molar-refractivity contribution in [3.63, 3.8) is 0 Å². The molecule has 0 aliphatic heterocycles. The van der Waals surface area contributed by atoms with Crippen molar-refractivity contribution in [2.45, 2.75) is 53.4 Å². The highest BCUT2D eigenvalue weighted by Gasteiger charge is 2.19. The quantitative estimate of drug-likeness (QED) is 0.266. The van der Waals surface area contributed by atoms with Crippen LogP contribution >= 0.6 is 0 Å². The Morgan fingerprint density at radius 1 is 1.07 bits per heavy atom. The van der Waals surface area contributed by atoms with Crippen LogP contribution in [0.5, 0.6) is 17.2 Å². The molecule has 0 aliphatic carbocycles. The Morgan fingerprint density at radius 2 is 1.87 bits per heavy atom. The summed E-state index contributed by atoms with van der Waals surface area (Å²) in [7, 11) is 0. The lowest BCUT2D eigenvalue weighted by atomic mass is 10.1. The van der Waals surface area contributed by atoms with Crippen LogP contribution in [0.3, 0.4) is 0 Å². The molecule has 5 heteroatoms. The van der Waals surface area contributed by atoms with Gasteiger partial charge in [0.15, 0.2) is 17.1 Å². The van der Waals surface area contributed by atoms with Crippen molar-refractivity contribution in [3.8, 4) is 17.2 Å². The molecule has 1 aromatic heterocycles. The number of para-hydroxylation sites is 1. The molecule has 0 spiro atoms. The van der Waals surface area contributed by atoms with Gasteiger partial charge in [-0.05, 0) is 64.7 Å². The third-order valence-electron chi connectivity index (χ3n) is 4.51. The smallest absolute Gasteiger partial charge is 0.383 e. The van der Waals surface area contributed by atoms with Crippen LogP contribution in [0.1, 0.15) is 53.4 Å². The van der Waals surface area contributed by atoms with E-state index < -0.39 is 5.63 Å². The Balaban J connectivity index is 2.23. The number of aromatic hydroxyl groups is 1. The van der Waals surface area contributed by atoms with Gasteiger partial charge in [-0.3, -0.25) is 0 Å². The summed E-state index contributed by atoms with van der Waals surface area (Å²) in [6, 6.07) is 4.89. The van der Waals surface area contributed by atoms with Crippen molar-refractivity contribution in [3.05, 3.63) is 64.1 Å². The van der Waals surface area contributed by atoms with Crippen LogP contribution in [0.4, 0.5) is 0 Å². The van der Waals surface area contributed by atoms with Crippen LogP contribution in [-0.4, -0.2) is 18.3 Å². The highest BCUT2D eigenvalue weighted by atomic mass is 16.5. The molecule has 5 nitrogen and oxygen atoms in total. The van der Waals surface area contributed by atoms with E-state index >= 15 is 0 Å². The first-order valence-corrected chi connectivity index (χ1v) is 10.4. The lowest BCUT2D eigenvalue weighted by molar-refractivity contribution is 0.279. The molecule has 30 heavy (non-hydrogen) atoms. The molecular formula is C25H32O5. The molecule has 0 atom stereocenters. The Morgan fingerprint density at radius 3 is 2.60 bits per heavy atom. The maximum atomic E-state index is 12.5. The van der Waals surface area contributed by atoms with E-state index in [1.54, 1.807) is 12.1 Å². The lowest BCUT2D eigenvalue weighted by Gasteiger charge is -2.13. The van der Waals surface area contributed by atoms with E-state index in [-0.39, 0.29) is 23.7 Å². The second kappa shape index (κ2) is 11.9. The van der Waals surface area contributed by atoms with Crippen molar-refractivity contribution in [2.75, 3.05) is 13.2 Å². The van der Waals surface area contributed by atoms with Crippen molar-refractivity contribution in [1.29, 1.82) is 0 Å². The molecule has 2 aromatic rings. The van der Waals surface area contributed by atoms with Gasteiger partial charge in [-0.25, -0.2) is 4.79 Å². The third kappa shape index (κ3) is 6.83. The summed E-state index contributed by atoms with van der Waals surface area (Å²) in [4.78, 5) is 12.5. The average molecular weight is 413 g/mol. The first-order valence-electron chi connectivity index (χ1n) is 10.4. The summed E-state index contributed by atoms with van der Waals surface area (Å²) in [6.07, 6.45) is 11.8. The van der Waals surface area contributed by atoms with E-state index in [2.05, 4.69) is 32.9 Å². The lowest BCUT2D eigenvalue weighted by Crippen LogP contribution is -2.11. The van der Waals surface area contributed by atoms with Crippen molar-refractivity contribution < 1.29 is 19.0 Å². The van der Waals surface area contributed by atoms with Crippen molar-refractivity contribution in [2.24, 2.45) is 0 Å². The largest absolute Gasteiger partial charge is 0.504 e. The number of benzene rings is 1. The molecule has 1 aromatic carbocycles. The van der Waals surface area contributed by atoms with Crippen LogP contribution in [0.25, 0.3) is 11.0 Å². The standard InChI is InChI=1S/C25H32O5/c1-5-6-7-8-16-28-23-20-13-10-14-21(26)22(20)30-25(27)24(23)29-17-15-19(4)12-9-11-18(2)3/h6-7,10-11,13-15,26H,5,8-9,12,16-17H2,1-4H3. The van der Waals surface area contributed by atoms with Gasteiger partial charge < -0.3 is 19.0 Å². The Hall–Kier alpha value is -2.95. The highest BCUT2D eigenvalue weighted by Crippen LogP contribution is 2.36. The van der Waals surface area contributed by atoms with Crippen LogP contribution in [0.15, 0.2) is 62.9 Å². The van der Waals surface area contributed by atoms with Gasteiger partial charge in [0.2, 0.25) is 5.75 Å². The van der Waals surface area contributed by atoms with Crippen LogP contribution in [-0.2, 0) is 0 Å². The van der Waals surface area contributed by atoms with Gasteiger partial charge >= 0.3 is 5.63 Å². The van der Waals surface area contributed by atoms with E-state index in [9.17, 15) is 9.90 Å². The molecule has 0 bridgehead atoms. The third-order valence-corrected chi connectivity index (χ3v) is 4.51. The predicted octanol–water partition coefficient (Wildman–Crippen LogP) is 6.31. The molecule has 0 unspecified atom stereocenters. The topological polar surface area (TPSA) is 68.9 Å². The molecule has 0 aliphatic rings. The number of hydrogen-bond donors (Lipinski definition) is 1. The molecule has 1 N–H and O–H groups in total. The molecule has 0 saturated heterocycles. The number of rotatable bonds is 11. The minimum atomic E-state index is -0.668. The Bertz CT molecular complexity index is 975. The van der Waals surface area contributed by atoms with E-state index in [0.29, 0.717) is 24.2 Å². The van der Waals surface area contributed by atoms with Crippen molar-refractivity contribution in [1.82, 2.24) is 0 Å².